The van der Waals surface area contributed by atoms with Crippen molar-refractivity contribution >= 4 is 11.0 Å². The third-order valence-corrected chi connectivity index (χ3v) is 3.63. The summed E-state index contributed by atoms with van der Waals surface area (Å²) in [6.45, 7) is 4.76. The summed E-state index contributed by atoms with van der Waals surface area (Å²) in [5.41, 5.74) is 2.24. The van der Waals surface area contributed by atoms with Gasteiger partial charge in [-0.3, -0.25) is 0 Å². The number of rotatable bonds is 3. The Labute approximate surface area is 107 Å². The van der Waals surface area contributed by atoms with Crippen molar-refractivity contribution in [3.05, 3.63) is 30.6 Å². The minimum Gasteiger partial charge on any atom is -0.379 e. The SMILES string of the molecule is CCNC1CCOCC1n1cnc2ccccc21. The zero-order valence-corrected chi connectivity index (χ0v) is 10.7. The molecule has 1 aliphatic heterocycles. The number of hydrogen-bond donors (Lipinski definition) is 1. The lowest BCUT2D eigenvalue weighted by molar-refractivity contribution is 0.0388. The van der Waals surface area contributed by atoms with Crippen LogP contribution in [0.3, 0.4) is 0 Å². The standard InChI is InChI=1S/C14H19N3O/c1-2-15-12-7-8-18-9-14(12)17-10-16-11-5-3-4-6-13(11)17/h3-6,10,12,14-15H,2,7-9H2,1H3. The van der Waals surface area contributed by atoms with Gasteiger partial charge < -0.3 is 14.6 Å². The van der Waals surface area contributed by atoms with Crippen molar-refractivity contribution in [2.75, 3.05) is 19.8 Å². The van der Waals surface area contributed by atoms with Gasteiger partial charge in [0.25, 0.3) is 0 Å². The van der Waals surface area contributed by atoms with E-state index in [-0.39, 0.29) is 0 Å². The molecule has 0 radical (unpaired) electrons. The summed E-state index contributed by atoms with van der Waals surface area (Å²) in [6, 6.07) is 9.08. The fraction of sp³-hybridized carbons (Fsp3) is 0.500. The monoisotopic (exact) mass is 245 g/mol. The third-order valence-electron chi connectivity index (χ3n) is 3.63. The Hall–Kier alpha value is -1.39. The van der Waals surface area contributed by atoms with Crippen LogP contribution in [0.2, 0.25) is 0 Å². The molecule has 1 aromatic carbocycles. The molecule has 96 valence electrons. The number of fused-ring (bicyclic) bond motifs is 1. The van der Waals surface area contributed by atoms with Gasteiger partial charge in [-0.15, -0.1) is 0 Å². The highest BCUT2D eigenvalue weighted by molar-refractivity contribution is 5.75. The van der Waals surface area contributed by atoms with Crippen molar-refractivity contribution < 1.29 is 4.74 Å². The zero-order chi connectivity index (χ0) is 12.4. The lowest BCUT2D eigenvalue weighted by Gasteiger charge is -2.33. The van der Waals surface area contributed by atoms with E-state index < -0.39 is 0 Å². The molecule has 2 aromatic rings. The van der Waals surface area contributed by atoms with E-state index in [1.54, 1.807) is 0 Å². The van der Waals surface area contributed by atoms with Gasteiger partial charge in [0, 0.05) is 12.6 Å². The quantitative estimate of drug-likeness (QED) is 0.898. The average molecular weight is 245 g/mol. The number of nitrogens with one attached hydrogen (secondary N) is 1. The normalized spacial score (nSPS) is 24.5. The van der Waals surface area contributed by atoms with E-state index in [2.05, 4.69) is 40.0 Å². The lowest BCUT2D eigenvalue weighted by Crippen LogP contribution is -2.43. The Morgan fingerprint density at radius 2 is 2.33 bits per heavy atom. The molecule has 1 N–H and O–H groups in total. The highest BCUT2D eigenvalue weighted by Crippen LogP contribution is 2.24. The first-order valence-corrected chi connectivity index (χ1v) is 6.63. The third kappa shape index (κ3) is 2.02. The number of likely N-dealkylation sites (N-methyl/N-ethyl adjacent to an activating group) is 1. The van der Waals surface area contributed by atoms with E-state index in [1.165, 1.54) is 5.52 Å². The van der Waals surface area contributed by atoms with E-state index in [4.69, 9.17) is 4.74 Å². The van der Waals surface area contributed by atoms with Gasteiger partial charge in [0.15, 0.2) is 0 Å². The average Bonchev–Trinajstić information content (AvgIpc) is 2.84. The van der Waals surface area contributed by atoms with Crippen LogP contribution < -0.4 is 5.32 Å². The molecule has 1 aliphatic rings. The zero-order valence-electron chi connectivity index (χ0n) is 10.7. The highest BCUT2D eigenvalue weighted by atomic mass is 16.5. The smallest absolute Gasteiger partial charge is 0.0962 e. The van der Waals surface area contributed by atoms with Gasteiger partial charge in [-0.25, -0.2) is 4.98 Å². The van der Waals surface area contributed by atoms with Gasteiger partial charge in [-0.05, 0) is 25.1 Å². The Morgan fingerprint density at radius 3 is 3.22 bits per heavy atom. The molecule has 0 spiro atoms. The topological polar surface area (TPSA) is 39.1 Å². The Balaban J connectivity index is 1.96. The molecule has 4 heteroatoms. The number of nitrogens with zero attached hydrogens (tertiary/aromatic N) is 2. The largest absolute Gasteiger partial charge is 0.379 e. The number of para-hydroxylation sites is 2. The summed E-state index contributed by atoms with van der Waals surface area (Å²) >= 11 is 0. The second kappa shape index (κ2) is 5.08. The summed E-state index contributed by atoms with van der Waals surface area (Å²) in [4.78, 5) is 4.47. The van der Waals surface area contributed by atoms with Crippen molar-refractivity contribution in [3.8, 4) is 0 Å². The van der Waals surface area contributed by atoms with Crippen LogP contribution in [-0.4, -0.2) is 35.4 Å². The second-order valence-corrected chi connectivity index (χ2v) is 4.74. The molecule has 2 heterocycles. The lowest BCUT2D eigenvalue weighted by atomic mass is 10.0. The minimum atomic E-state index is 0.339. The van der Waals surface area contributed by atoms with Crippen LogP contribution in [-0.2, 0) is 4.74 Å². The molecule has 0 saturated carbocycles. The maximum Gasteiger partial charge on any atom is 0.0962 e. The Bertz CT molecular complexity index is 520. The van der Waals surface area contributed by atoms with Crippen LogP contribution in [0.15, 0.2) is 30.6 Å². The maximum absolute atomic E-state index is 5.64. The van der Waals surface area contributed by atoms with Crippen LogP contribution in [0.5, 0.6) is 0 Å². The van der Waals surface area contributed by atoms with Gasteiger partial charge in [-0.2, -0.15) is 0 Å². The molecule has 2 atom stereocenters. The molecule has 4 nitrogen and oxygen atoms in total. The number of imidazole rings is 1. The fourth-order valence-corrected chi connectivity index (χ4v) is 2.74. The first-order chi connectivity index (χ1) is 8.90. The van der Waals surface area contributed by atoms with Crippen LogP contribution in [0.4, 0.5) is 0 Å². The molecule has 1 saturated heterocycles. The summed E-state index contributed by atoms with van der Waals surface area (Å²) in [7, 11) is 0. The summed E-state index contributed by atoms with van der Waals surface area (Å²) < 4.78 is 7.89. The molecular weight excluding hydrogens is 226 g/mol. The van der Waals surface area contributed by atoms with Crippen LogP contribution in [0.1, 0.15) is 19.4 Å². The number of hydrogen-bond acceptors (Lipinski definition) is 3. The van der Waals surface area contributed by atoms with Gasteiger partial charge in [0.2, 0.25) is 0 Å². The fourth-order valence-electron chi connectivity index (χ4n) is 2.74. The van der Waals surface area contributed by atoms with E-state index >= 15 is 0 Å². The molecular formula is C14H19N3O. The van der Waals surface area contributed by atoms with Crippen LogP contribution in [0.25, 0.3) is 11.0 Å². The van der Waals surface area contributed by atoms with E-state index in [0.29, 0.717) is 12.1 Å². The number of aromatic nitrogens is 2. The predicted octanol–water partition coefficient (Wildman–Crippen LogP) is 1.98. The van der Waals surface area contributed by atoms with Gasteiger partial charge in [0.05, 0.1) is 30.0 Å². The molecule has 2 unspecified atom stereocenters. The van der Waals surface area contributed by atoms with E-state index in [1.807, 2.05) is 12.4 Å². The van der Waals surface area contributed by atoms with Crippen molar-refractivity contribution in [1.82, 2.24) is 14.9 Å². The van der Waals surface area contributed by atoms with Gasteiger partial charge in [0.1, 0.15) is 0 Å². The highest BCUT2D eigenvalue weighted by Gasteiger charge is 2.27. The molecule has 3 rings (SSSR count). The second-order valence-electron chi connectivity index (χ2n) is 4.74. The van der Waals surface area contributed by atoms with E-state index in [0.717, 1.165) is 31.7 Å². The van der Waals surface area contributed by atoms with Crippen molar-refractivity contribution in [1.29, 1.82) is 0 Å². The molecule has 0 bridgehead atoms. The molecule has 0 amide bonds. The van der Waals surface area contributed by atoms with Gasteiger partial charge >= 0.3 is 0 Å². The van der Waals surface area contributed by atoms with Crippen LogP contribution >= 0.6 is 0 Å². The number of ether oxygens (including phenoxy) is 1. The Morgan fingerprint density at radius 1 is 1.44 bits per heavy atom. The summed E-state index contributed by atoms with van der Waals surface area (Å²) in [6.07, 6.45) is 3.00. The van der Waals surface area contributed by atoms with E-state index in [9.17, 15) is 0 Å². The maximum atomic E-state index is 5.64. The summed E-state index contributed by atoms with van der Waals surface area (Å²) in [5.74, 6) is 0. The molecule has 0 aliphatic carbocycles. The van der Waals surface area contributed by atoms with Gasteiger partial charge in [-0.1, -0.05) is 19.1 Å². The predicted molar refractivity (Wildman–Crippen MR) is 71.7 cm³/mol. The first kappa shape index (κ1) is 11.7. The van der Waals surface area contributed by atoms with Crippen molar-refractivity contribution in [3.63, 3.8) is 0 Å². The molecule has 18 heavy (non-hydrogen) atoms. The molecule has 1 fully saturated rings. The van der Waals surface area contributed by atoms with Crippen molar-refractivity contribution in [2.45, 2.75) is 25.4 Å². The molecule has 1 aromatic heterocycles. The number of benzene rings is 1. The first-order valence-electron chi connectivity index (χ1n) is 6.63. The van der Waals surface area contributed by atoms with Crippen LogP contribution in [0, 0.1) is 0 Å². The van der Waals surface area contributed by atoms with Crippen molar-refractivity contribution in [2.24, 2.45) is 0 Å². The summed E-state index contributed by atoms with van der Waals surface area (Å²) in [5, 5.41) is 3.56. The Kier molecular flexibility index (Phi) is 3.30. The minimum absolute atomic E-state index is 0.339.